The van der Waals surface area contributed by atoms with E-state index in [1.807, 2.05) is 13.8 Å². The average molecular weight is 289 g/mol. The molecule has 0 radical (unpaired) electrons. The summed E-state index contributed by atoms with van der Waals surface area (Å²) in [6.45, 7) is 5.18. The number of rotatable bonds is 2. The molecule has 2 rings (SSSR count). The Morgan fingerprint density at radius 1 is 1.39 bits per heavy atom. The minimum absolute atomic E-state index is 0.0213. The van der Waals surface area contributed by atoms with E-state index in [4.69, 9.17) is 5.73 Å². The Hall–Kier alpha value is -0.660. The van der Waals surface area contributed by atoms with E-state index >= 15 is 0 Å². The van der Waals surface area contributed by atoms with Gasteiger partial charge in [0.15, 0.2) is 15.0 Å². The van der Waals surface area contributed by atoms with E-state index in [1.54, 1.807) is 11.3 Å². The zero-order chi connectivity index (χ0) is 13.3. The van der Waals surface area contributed by atoms with Gasteiger partial charge in [-0.1, -0.05) is 0 Å². The van der Waals surface area contributed by atoms with Crippen LogP contribution in [0.4, 0.5) is 5.13 Å². The Morgan fingerprint density at radius 2 is 2.11 bits per heavy atom. The third kappa shape index (κ3) is 3.02. The molecule has 0 saturated carbocycles. The zero-order valence-electron chi connectivity index (χ0n) is 10.7. The smallest absolute Gasteiger partial charge is 0.185 e. The van der Waals surface area contributed by atoms with Crippen LogP contribution in [0.2, 0.25) is 0 Å². The molecular formula is C11H19N3O2S2. The monoisotopic (exact) mass is 289 g/mol. The summed E-state index contributed by atoms with van der Waals surface area (Å²) in [7, 11) is -2.87. The number of sulfone groups is 1. The maximum atomic E-state index is 11.6. The zero-order valence-corrected chi connectivity index (χ0v) is 12.4. The van der Waals surface area contributed by atoms with Crippen LogP contribution in [0.3, 0.4) is 0 Å². The number of nitrogens with two attached hydrogens (primary N) is 1. The fourth-order valence-electron chi connectivity index (χ4n) is 2.08. The molecule has 102 valence electrons. The summed E-state index contributed by atoms with van der Waals surface area (Å²) in [6, 6.07) is -0.0213. The summed E-state index contributed by atoms with van der Waals surface area (Å²) < 4.78 is 23.1. The van der Waals surface area contributed by atoms with Crippen molar-refractivity contribution in [2.45, 2.75) is 26.3 Å². The van der Waals surface area contributed by atoms with E-state index in [2.05, 4.69) is 9.88 Å². The number of anilines is 1. The summed E-state index contributed by atoms with van der Waals surface area (Å²) in [6.07, 6.45) is 0.675. The molecule has 0 aliphatic carbocycles. The van der Waals surface area contributed by atoms with Gasteiger partial charge in [-0.15, -0.1) is 11.3 Å². The predicted molar refractivity (Wildman–Crippen MR) is 74.9 cm³/mol. The molecule has 18 heavy (non-hydrogen) atoms. The van der Waals surface area contributed by atoms with E-state index in [9.17, 15) is 8.42 Å². The van der Waals surface area contributed by atoms with Crippen molar-refractivity contribution in [3.63, 3.8) is 0 Å². The Labute approximate surface area is 112 Å². The van der Waals surface area contributed by atoms with Crippen molar-refractivity contribution in [3.05, 3.63) is 10.6 Å². The summed E-state index contributed by atoms with van der Waals surface area (Å²) in [5, 5.41) is 0.900. The van der Waals surface area contributed by atoms with Gasteiger partial charge in [-0.3, -0.25) is 0 Å². The number of thiazole rings is 1. The number of hydrogen-bond acceptors (Lipinski definition) is 6. The Morgan fingerprint density at radius 3 is 2.72 bits per heavy atom. The van der Waals surface area contributed by atoms with Crippen LogP contribution in [0.1, 0.15) is 30.0 Å². The van der Waals surface area contributed by atoms with Gasteiger partial charge in [0.25, 0.3) is 0 Å². The lowest BCUT2D eigenvalue weighted by Gasteiger charge is -2.17. The van der Waals surface area contributed by atoms with E-state index in [0.717, 1.165) is 22.2 Å². The first-order valence-corrected chi connectivity index (χ1v) is 8.71. The molecule has 1 atom stereocenters. The highest BCUT2D eigenvalue weighted by Gasteiger charge is 2.22. The van der Waals surface area contributed by atoms with E-state index in [0.29, 0.717) is 13.0 Å². The van der Waals surface area contributed by atoms with Gasteiger partial charge in [0.1, 0.15) is 0 Å². The highest BCUT2D eigenvalue weighted by Crippen LogP contribution is 2.30. The largest absolute Gasteiger partial charge is 0.347 e. The summed E-state index contributed by atoms with van der Waals surface area (Å²) in [5.41, 5.74) is 6.84. The topological polar surface area (TPSA) is 76.3 Å². The number of aromatic nitrogens is 1. The summed E-state index contributed by atoms with van der Waals surface area (Å²) in [5.74, 6) is 0.507. The van der Waals surface area contributed by atoms with Crippen molar-refractivity contribution in [3.8, 4) is 0 Å². The lowest BCUT2D eigenvalue weighted by molar-refractivity contribution is 0.597. The van der Waals surface area contributed by atoms with E-state index in [-0.39, 0.29) is 17.5 Å². The standard InChI is InChI=1S/C11H19N3O2S2/c1-8(12)10-9(2)13-11(17-10)14-4-3-6-18(15,16)7-5-14/h8H,3-7,12H2,1-2H3. The van der Waals surface area contributed by atoms with Crippen LogP contribution in [0.15, 0.2) is 0 Å². The highest BCUT2D eigenvalue weighted by molar-refractivity contribution is 7.91. The second-order valence-electron chi connectivity index (χ2n) is 4.73. The quantitative estimate of drug-likeness (QED) is 0.882. The van der Waals surface area contributed by atoms with Crippen molar-refractivity contribution in [2.24, 2.45) is 5.73 Å². The fourth-order valence-corrected chi connectivity index (χ4v) is 4.42. The Kier molecular flexibility index (Phi) is 3.93. The lowest BCUT2D eigenvalue weighted by atomic mass is 10.2. The maximum absolute atomic E-state index is 11.6. The molecule has 1 aromatic rings. The maximum Gasteiger partial charge on any atom is 0.185 e. The molecule has 1 aliphatic rings. The molecule has 0 amide bonds. The third-order valence-electron chi connectivity index (χ3n) is 3.06. The van der Waals surface area contributed by atoms with Gasteiger partial charge in [0.2, 0.25) is 0 Å². The van der Waals surface area contributed by atoms with Crippen molar-refractivity contribution in [1.82, 2.24) is 4.98 Å². The minimum Gasteiger partial charge on any atom is -0.347 e. The van der Waals surface area contributed by atoms with Crippen molar-refractivity contribution in [1.29, 1.82) is 0 Å². The SMILES string of the molecule is Cc1nc(N2CCCS(=O)(=O)CC2)sc1C(C)N. The van der Waals surface area contributed by atoms with Gasteiger partial charge in [0, 0.05) is 24.0 Å². The van der Waals surface area contributed by atoms with Gasteiger partial charge >= 0.3 is 0 Å². The molecular weight excluding hydrogens is 270 g/mol. The van der Waals surface area contributed by atoms with Crippen LogP contribution >= 0.6 is 11.3 Å². The average Bonchev–Trinajstić information content (AvgIpc) is 2.55. The molecule has 2 heterocycles. The third-order valence-corrected chi connectivity index (χ3v) is 6.20. The molecule has 1 aromatic heterocycles. The van der Waals surface area contributed by atoms with Crippen molar-refractivity contribution >= 4 is 26.3 Å². The van der Waals surface area contributed by atoms with Crippen LogP contribution in [-0.2, 0) is 9.84 Å². The lowest BCUT2D eigenvalue weighted by Crippen LogP contribution is -2.26. The second-order valence-corrected chi connectivity index (χ2v) is 8.04. The first kappa shape index (κ1) is 13.8. The fraction of sp³-hybridized carbons (Fsp3) is 0.727. The first-order valence-electron chi connectivity index (χ1n) is 6.07. The highest BCUT2D eigenvalue weighted by atomic mass is 32.2. The first-order chi connectivity index (χ1) is 8.39. The number of aryl methyl sites for hydroxylation is 1. The molecule has 0 spiro atoms. The molecule has 0 bridgehead atoms. The van der Waals surface area contributed by atoms with Gasteiger partial charge < -0.3 is 10.6 Å². The molecule has 1 fully saturated rings. The van der Waals surface area contributed by atoms with Crippen LogP contribution in [0.25, 0.3) is 0 Å². The molecule has 0 aromatic carbocycles. The minimum atomic E-state index is -2.87. The van der Waals surface area contributed by atoms with Gasteiger partial charge in [-0.05, 0) is 20.3 Å². The Balaban J connectivity index is 2.19. The number of nitrogens with zero attached hydrogens (tertiary/aromatic N) is 2. The predicted octanol–water partition coefficient (Wildman–Crippen LogP) is 1.10. The van der Waals surface area contributed by atoms with Crippen LogP contribution in [-0.4, -0.2) is 38.0 Å². The van der Waals surface area contributed by atoms with Crippen LogP contribution in [0, 0.1) is 6.92 Å². The van der Waals surface area contributed by atoms with E-state index < -0.39 is 9.84 Å². The summed E-state index contributed by atoms with van der Waals surface area (Å²) in [4.78, 5) is 7.66. The molecule has 1 aliphatic heterocycles. The molecule has 5 nitrogen and oxygen atoms in total. The molecule has 1 unspecified atom stereocenters. The second kappa shape index (κ2) is 5.14. The van der Waals surface area contributed by atoms with Crippen LogP contribution < -0.4 is 10.6 Å². The van der Waals surface area contributed by atoms with Gasteiger partial charge in [0.05, 0.1) is 17.2 Å². The number of hydrogen-bond donors (Lipinski definition) is 1. The van der Waals surface area contributed by atoms with Crippen LogP contribution in [0.5, 0.6) is 0 Å². The molecule has 2 N–H and O–H groups in total. The van der Waals surface area contributed by atoms with Gasteiger partial charge in [-0.2, -0.15) is 0 Å². The Bertz CT molecular complexity index is 522. The van der Waals surface area contributed by atoms with Crippen molar-refractivity contribution in [2.75, 3.05) is 29.5 Å². The molecule has 1 saturated heterocycles. The normalized spacial score (nSPS) is 21.6. The van der Waals surface area contributed by atoms with E-state index in [1.165, 1.54) is 0 Å². The van der Waals surface area contributed by atoms with Gasteiger partial charge in [-0.25, -0.2) is 13.4 Å². The molecule has 7 heteroatoms. The summed E-state index contributed by atoms with van der Waals surface area (Å²) >= 11 is 1.58. The van der Waals surface area contributed by atoms with Crippen molar-refractivity contribution < 1.29 is 8.42 Å².